The molecule has 0 heterocycles. The third kappa shape index (κ3) is 17.5. The second kappa shape index (κ2) is 20.8. The summed E-state index contributed by atoms with van der Waals surface area (Å²) in [5, 5.41) is 27.6. The number of hydrogen-bond acceptors (Lipinski definition) is 8. The summed E-state index contributed by atoms with van der Waals surface area (Å²) >= 11 is 0. The predicted molar refractivity (Wildman–Crippen MR) is 148 cm³/mol. The number of primary amides is 2. The Balaban J connectivity index is 5.28. The summed E-state index contributed by atoms with van der Waals surface area (Å²) in [6, 6.07) is -4.18. The zero-order valence-electron chi connectivity index (χ0n) is 24.0. The molecule has 0 aromatic rings. The molecule has 0 rings (SSSR count). The smallest absolute Gasteiger partial charge is 0.245 e. The topological polar surface area (TPSA) is 231 Å². The van der Waals surface area contributed by atoms with Gasteiger partial charge in [-0.15, -0.1) is 0 Å². The lowest BCUT2D eigenvalue weighted by atomic mass is 10.0. The van der Waals surface area contributed by atoms with E-state index in [1.54, 1.807) is 0 Å². The van der Waals surface area contributed by atoms with E-state index in [-0.39, 0.29) is 18.8 Å². The third-order valence-electron chi connectivity index (χ3n) is 6.21. The maximum Gasteiger partial charge on any atom is 0.245 e. The maximum atomic E-state index is 13.0. The van der Waals surface area contributed by atoms with Gasteiger partial charge in [0.15, 0.2) is 0 Å². The normalized spacial score (nSPS) is 14.8. The largest absolute Gasteiger partial charge is 0.393 e. The fourth-order valence-corrected chi connectivity index (χ4v) is 4.16. The van der Waals surface area contributed by atoms with E-state index in [0.717, 1.165) is 32.1 Å². The number of carbonyl (C=O) groups excluding carboxylic acids is 6. The van der Waals surface area contributed by atoms with Gasteiger partial charge < -0.3 is 42.4 Å². The summed E-state index contributed by atoms with van der Waals surface area (Å²) in [7, 11) is 0. The van der Waals surface area contributed by atoms with Gasteiger partial charge in [-0.05, 0) is 18.8 Å². The molecule has 0 aromatic carbocycles. The van der Waals surface area contributed by atoms with Crippen LogP contribution >= 0.6 is 0 Å². The van der Waals surface area contributed by atoms with Gasteiger partial charge in [0.2, 0.25) is 29.5 Å². The Morgan fingerprint density at radius 3 is 1.88 bits per heavy atom. The van der Waals surface area contributed by atoms with E-state index >= 15 is 0 Å². The first-order valence-electron chi connectivity index (χ1n) is 14.1. The summed E-state index contributed by atoms with van der Waals surface area (Å²) < 4.78 is 0. The first-order valence-corrected chi connectivity index (χ1v) is 14.1. The molecule has 0 bridgehead atoms. The lowest BCUT2D eigenvalue weighted by molar-refractivity contribution is -0.136. The highest BCUT2D eigenvalue weighted by Gasteiger charge is 2.34. The van der Waals surface area contributed by atoms with Crippen LogP contribution in [-0.2, 0) is 28.8 Å². The molecule has 0 fully saturated rings. The van der Waals surface area contributed by atoms with Crippen LogP contribution in [0.15, 0.2) is 0 Å². The molecule has 0 saturated carbocycles. The van der Waals surface area contributed by atoms with Gasteiger partial charge in [0.05, 0.1) is 37.5 Å². The Bertz CT molecular complexity index is 823. The number of nitrogens with one attached hydrogen (secondary N) is 3. The fourth-order valence-electron chi connectivity index (χ4n) is 4.16. The van der Waals surface area contributed by atoms with Crippen LogP contribution in [0.4, 0.5) is 0 Å². The standard InChI is InChI=1S/C27H49N5O8/c1-4-5-6-7-8-9-10-11-19(34)13-24(38)31-20(14-22(28)36)26(39)32-25(21(35)15-23(29)37)27(40)30-18(16-33)12-17(2)3/h16-21,25,34-35H,4-15H2,1-3H3,(H2,28,36)(H2,29,37)(H,30,40)(H,31,38)(H,32,39)/t18-,19+,20-,21+,25-/m0/s1. The molecule has 0 spiro atoms. The lowest BCUT2D eigenvalue weighted by Gasteiger charge is -2.27. The van der Waals surface area contributed by atoms with Crippen LogP contribution in [-0.4, -0.2) is 76.4 Å². The number of aliphatic hydroxyl groups is 2. The molecule has 5 atom stereocenters. The zero-order chi connectivity index (χ0) is 30.7. The van der Waals surface area contributed by atoms with Crippen molar-refractivity contribution in [2.45, 2.75) is 128 Å². The Hall–Kier alpha value is -3.06. The number of hydrogen-bond donors (Lipinski definition) is 7. The van der Waals surface area contributed by atoms with Gasteiger partial charge in [-0.3, -0.25) is 24.0 Å². The molecular formula is C27H49N5O8. The predicted octanol–water partition coefficient (Wildman–Crippen LogP) is -0.311. The van der Waals surface area contributed by atoms with Crippen LogP contribution < -0.4 is 27.4 Å². The number of nitrogens with two attached hydrogens (primary N) is 2. The second-order valence-corrected chi connectivity index (χ2v) is 10.7. The highest BCUT2D eigenvalue weighted by atomic mass is 16.3. The lowest BCUT2D eigenvalue weighted by Crippen LogP contribution is -2.60. The van der Waals surface area contributed by atoms with Crippen molar-refractivity contribution in [1.29, 1.82) is 0 Å². The molecule has 0 radical (unpaired) electrons. The molecule has 5 amide bonds. The molecule has 230 valence electrons. The third-order valence-corrected chi connectivity index (χ3v) is 6.21. The molecule has 0 unspecified atom stereocenters. The number of unbranched alkanes of at least 4 members (excludes halogenated alkanes) is 6. The molecule has 0 aliphatic heterocycles. The van der Waals surface area contributed by atoms with Crippen molar-refractivity contribution in [1.82, 2.24) is 16.0 Å². The minimum atomic E-state index is -1.76. The summed E-state index contributed by atoms with van der Waals surface area (Å²) in [6.45, 7) is 5.79. The van der Waals surface area contributed by atoms with Crippen LogP contribution in [0.3, 0.4) is 0 Å². The second-order valence-electron chi connectivity index (χ2n) is 10.7. The Labute approximate surface area is 236 Å². The molecule has 0 aliphatic carbocycles. The van der Waals surface area contributed by atoms with Gasteiger partial charge >= 0.3 is 0 Å². The summed E-state index contributed by atoms with van der Waals surface area (Å²) in [5.74, 6) is -4.56. The molecule has 0 aromatic heterocycles. The SMILES string of the molecule is CCCCCCCCC[C@@H](O)CC(=O)N[C@@H](CC(N)=O)C(=O)N[C@H](C(=O)N[C@H](C=O)CC(C)C)[C@H](O)CC(N)=O. The van der Waals surface area contributed by atoms with E-state index in [2.05, 4.69) is 22.9 Å². The highest BCUT2D eigenvalue weighted by molar-refractivity contribution is 5.95. The first-order chi connectivity index (χ1) is 18.8. The van der Waals surface area contributed by atoms with Gasteiger partial charge in [-0.2, -0.15) is 0 Å². The minimum Gasteiger partial charge on any atom is -0.393 e. The van der Waals surface area contributed by atoms with Crippen LogP contribution in [0.1, 0.15) is 97.8 Å². The average Bonchev–Trinajstić information content (AvgIpc) is 2.84. The molecule has 13 heteroatoms. The average molecular weight is 572 g/mol. The molecule has 0 saturated heterocycles. The van der Waals surface area contributed by atoms with Gasteiger partial charge in [0.25, 0.3) is 0 Å². The van der Waals surface area contributed by atoms with Gasteiger partial charge in [-0.1, -0.05) is 65.7 Å². The molecule has 13 nitrogen and oxygen atoms in total. The van der Waals surface area contributed by atoms with Crippen LogP contribution in [0.2, 0.25) is 0 Å². The van der Waals surface area contributed by atoms with Crippen molar-refractivity contribution in [3.63, 3.8) is 0 Å². The maximum absolute atomic E-state index is 13.0. The Morgan fingerprint density at radius 2 is 1.35 bits per heavy atom. The van der Waals surface area contributed by atoms with Crippen LogP contribution in [0.25, 0.3) is 0 Å². The molecule has 9 N–H and O–H groups in total. The van der Waals surface area contributed by atoms with Crippen molar-refractivity contribution in [3.8, 4) is 0 Å². The fraction of sp³-hybridized carbons (Fsp3) is 0.778. The minimum absolute atomic E-state index is 0.0374. The Morgan fingerprint density at radius 1 is 0.775 bits per heavy atom. The van der Waals surface area contributed by atoms with Gasteiger partial charge in [0.1, 0.15) is 18.4 Å². The summed E-state index contributed by atoms with van der Waals surface area (Å²) in [5.41, 5.74) is 10.4. The Kier molecular flexibility index (Phi) is 19.2. The van der Waals surface area contributed by atoms with E-state index in [0.29, 0.717) is 12.7 Å². The van der Waals surface area contributed by atoms with Crippen molar-refractivity contribution >= 4 is 35.8 Å². The van der Waals surface area contributed by atoms with Crippen molar-refractivity contribution < 1.29 is 39.0 Å². The van der Waals surface area contributed by atoms with E-state index < -0.39 is 72.7 Å². The number of aliphatic hydroxyl groups excluding tert-OH is 2. The molecular weight excluding hydrogens is 522 g/mol. The van der Waals surface area contributed by atoms with Crippen molar-refractivity contribution in [3.05, 3.63) is 0 Å². The van der Waals surface area contributed by atoms with E-state index in [4.69, 9.17) is 11.5 Å². The summed E-state index contributed by atoms with van der Waals surface area (Å²) in [6.07, 6.45) is 4.17. The zero-order valence-corrected chi connectivity index (χ0v) is 24.0. The van der Waals surface area contributed by atoms with Gasteiger partial charge in [0, 0.05) is 0 Å². The van der Waals surface area contributed by atoms with Gasteiger partial charge in [-0.25, -0.2) is 0 Å². The summed E-state index contributed by atoms with van der Waals surface area (Å²) in [4.78, 5) is 72.7. The monoisotopic (exact) mass is 571 g/mol. The first kappa shape index (κ1) is 36.9. The van der Waals surface area contributed by atoms with E-state index in [1.807, 2.05) is 13.8 Å². The quantitative estimate of drug-likeness (QED) is 0.0633. The van der Waals surface area contributed by atoms with E-state index in [9.17, 15) is 39.0 Å². The van der Waals surface area contributed by atoms with Crippen molar-refractivity contribution in [2.75, 3.05) is 0 Å². The number of aldehydes is 1. The van der Waals surface area contributed by atoms with Crippen molar-refractivity contribution in [2.24, 2.45) is 17.4 Å². The molecule has 0 aliphatic rings. The number of carbonyl (C=O) groups is 6. The number of amides is 5. The van der Waals surface area contributed by atoms with Crippen LogP contribution in [0, 0.1) is 5.92 Å². The van der Waals surface area contributed by atoms with E-state index in [1.165, 1.54) is 12.8 Å². The number of rotatable bonds is 23. The van der Waals surface area contributed by atoms with Crippen LogP contribution in [0.5, 0.6) is 0 Å². The molecule has 40 heavy (non-hydrogen) atoms. The highest BCUT2D eigenvalue weighted by Crippen LogP contribution is 2.12.